The van der Waals surface area contributed by atoms with Gasteiger partial charge in [-0.25, -0.2) is 13.4 Å². The molecule has 0 aliphatic carbocycles. The normalized spacial score (nSPS) is 12.5. The zero-order chi connectivity index (χ0) is 20.9. The van der Waals surface area contributed by atoms with Crippen LogP contribution in [-0.2, 0) is 21.1 Å². The fraction of sp³-hybridized carbons (Fsp3) is 0.273. The van der Waals surface area contributed by atoms with Crippen molar-refractivity contribution in [1.29, 1.82) is 0 Å². The van der Waals surface area contributed by atoms with Crippen LogP contribution in [0.1, 0.15) is 37.3 Å². The number of rotatable bonds is 8. The van der Waals surface area contributed by atoms with Gasteiger partial charge < -0.3 is 9.73 Å². The first-order valence-corrected chi connectivity index (χ1v) is 11.3. The monoisotopic (exact) mass is 412 g/mol. The lowest BCUT2D eigenvalue weighted by atomic mass is 10.1. The molecule has 1 amide bonds. The molecular weight excluding hydrogens is 388 g/mol. The van der Waals surface area contributed by atoms with Gasteiger partial charge in [-0.3, -0.25) is 4.79 Å². The number of hydrogen-bond donors (Lipinski definition) is 1. The second kappa shape index (κ2) is 9.05. The smallest absolute Gasteiger partial charge is 0.220 e. The summed E-state index contributed by atoms with van der Waals surface area (Å²) in [6.07, 6.45) is 4.43. The molecule has 0 bridgehead atoms. The van der Waals surface area contributed by atoms with Gasteiger partial charge in [0.2, 0.25) is 5.91 Å². The van der Waals surface area contributed by atoms with Crippen LogP contribution in [0.5, 0.6) is 0 Å². The number of carbonyl (C=O) groups is 1. The predicted molar refractivity (Wildman–Crippen MR) is 111 cm³/mol. The van der Waals surface area contributed by atoms with Crippen LogP contribution in [0.15, 0.2) is 70.1 Å². The molecule has 0 spiro atoms. The van der Waals surface area contributed by atoms with Gasteiger partial charge in [0.1, 0.15) is 0 Å². The van der Waals surface area contributed by atoms with Gasteiger partial charge in [-0.05, 0) is 31.0 Å². The molecule has 1 N–H and O–H groups in total. The summed E-state index contributed by atoms with van der Waals surface area (Å²) in [5.41, 5.74) is 1.82. The Hall–Kier alpha value is -2.93. The van der Waals surface area contributed by atoms with Crippen LogP contribution in [0.2, 0.25) is 0 Å². The van der Waals surface area contributed by atoms with E-state index in [4.69, 9.17) is 4.42 Å². The molecule has 0 aliphatic heterocycles. The topological polar surface area (TPSA) is 89.3 Å². The Morgan fingerprint density at radius 2 is 1.79 bits per heavy atom. The summed E-state index contributed by atoms with van der Waals surface area (Å²) in [4.78, 5) is 16.8. The van der Waals surface area contributed by atoms with Crippen LogP contribution in [0.3, 0.4) is 0 Å². The highest BCUT2D eigenvalue weighted by Crippen LogP contribution is 2.21. The fourth-order valence-corrected chi connectivity index (χ4v) is 3.59. The molecule has 1 heterocycles. The van der Waals surface area contributed by atoms with E-state index in [2.05, 4.69) is 10.3 Å². The van der Waals surface area contributed by atoms with E-state index < -0.39 is 9.84 Å². The first kappa shape index (κ1) is 20.8. The molecule has 0 fully saturated rings. The van der Waals surface area contributed by atoms with Crippen LogP contribution < -0.4 is 5.32 Å². The van der Waals surface area contributed by atoms with E-state index >= 15 is 0 Å². The van der Waals surface area contributed by atoms with E-state index in [1.54, 1.807) is 30.5 Å². The molecule has 7 heteroatoms. The van der Waals surface area contributed by atoms with Crippen molar-refractivity contribution in [2.24, 2.45) is 0 Å². The second-order valence-electron chi connectivity index (χ2n) is 6.97. The lowest BCUT2D eigenvalue weighted by Gasteiger charge is -2.14. The Morgan fingerprint density at radius 3 is 2.45 bits per heavy atom. The minimum absolute atomic E-state index is 0.0699. The maximum atomic E-state index is 12.2. The van der Waals surface area contributed by atoms with Gasteiger partial charge in [0.25, 0.3) is 0 Å². The van der Waals surface area contributed by atoms with Gasteiger partial charge in [0, 0.05) is 24.7 Å². The van der Waals surface area contributed by atoms with Crippen molar-refractivity contribution >= 4 is 15.7 Å². The van der Waals surface area contributed by atoms with Crippen LogP contribution in [0, 0.1) is 0 Å². The number of sulfone groups is 1. The molecule has 0 saturated carbocycles. The number of nitrogens with one attached hydrogen (secondary N) is 1. The molecule has 1 aromatic heterocycles. The minimum Gasteiger partial charge on any atom is -0.441 e. The molecule has 0 aliphatic rings. The lowest BCUT2D eigenvalue weighted by molar-refractivity contribution is -0.121. The molecule has 29 heavy (non-hydrogen) atoms. The number of nitrogens with zero attached hydrogens (tertiary/aromatic N) is 1. The highest BCUT2D eigenvalue weighted by molar-refractivity contribution is 7.90. The molecule has 2 aromatic carbocycles. The number of benzene rings is 2. The molecule has 3 rings (SSSR count). The van der Waals surface area contributed by atoms with Gasteiger partial charge >= 0.3 is 0 Å². The van der Waals surface area contributed by atoms with Gasteiger partial charge in [0.15, 0.2) is 21.5 Å². The van der Waals surface area contributed by atoms with Crippen molar-refractivity contribution in [1.82, 2.24) is 10.3 Å². The maximum absolute atomic E-state index is 12.2. The SMILES string of the molecule is CC(NC(=O)CCCc1ncc(-c2ccccc2)o1)c1ccc(S(C)(=O)=O)cc1. The van der Waals surface area contributed by atoms with Crippen molar-refractivity contribution < 1.29 is 17.6 Å². The van der Waals surface area contributed by atoms with Crippen LogP contribution in [-0.4, -0.2) is 25.6 Å². The molecule has 152 valence electrons. The molecular formula is C22H24N2O4S. The predicted octanol–water partition coefficient (Wildman–Crippen LogP) is 3.95. The van der Waals surface area contributed by atoms with E-state index in [1.165, 1.54) is 6.26 Å². The van der Waals surface area contributed by atoms with E-state index in [1.807, 2.05) is 37.3 Å². The maximum Gasteiger partial charge on any atom is 0.220 e. The number of oxazole rings is 1. The number of aryl methyl sites for hydroxylation is 1. The number of amides is 1. The number of aromatic nitrogens is 1. The average molecular weight is 413 g/mol. The summed E-state index contributed by atoms with van der Waals surface area (Å²) in [5.74, 6) is 1.26. The first-order chi connectivity index (χ1) is 13.8. The lowest BCUT2D eigenvalue weighted by Crippen LogP contribution is -2.26. The zero-order valence-electron chi connectivity index (χ0n) is 16.5. The van der Waals surface area contributed by atoms with E-state index in [-0.39, 0.29) is 16.8 Å². The van der Waals surface area contributed by atoms with Crippen LogP contribution in [0.25, 0.3) is 11.3 Å². The molecule has 3 aromatic rings. The third-order valence-electron chi connectivity index (χ3n) is 4.59. The van der Waals surface area contributed by atoms with Crippen molar-refractivity contribution in [2.45, 2.75) is 37.1 Å². The highest BCUT2D eigenvalue weighted by atomic mass is 32.2. The molecule has 0 saturated heterocycles. The summed E-state index contributed by atoms with van der Waals surface area (Å²) >= 11 is 0. The second-order valence-corrected chi connectivity index (χ2v) is 8.98. The summed E-state index contributed by atoms with van der Waals surface area (Å²) in [7, 11) is -3.22. The molecule has 0 radical (unpaired) electrons. The summed E-state index contributed by atoms with van der Waals surface area (Å²) in [6.45, 7) is 1.87. The minimum atomic E-state index is -3.22. The first-order valence-electron chi connectivity index (χ1n) is 9.42. The number of carbonyl (C=O) groups excluding carboxylic acids is 1. The molecule has 1 unspecified atom stereocenters. The van der Waals surface area contributed by atoms with Crippen LogP contribution >= 0.6 is 0 Å². The Balaban J connectivity index is 1.47. The van der Waals surface area contributed by atoms with Crippen molar-refractivity contribution in [3.05, 3.63) is 72.2 Å². The Kier molecular flexibility index (Phi) is 6.49. The Labute approximate surface area is 170 Å². The van der Waals surface area contributed by atoms with Crippen LogP contribution in [0.4, 0.5) is 0 Å². The van der Waals surface area contributed by atoms with Crippen molar-refractivity contribution in [2.75, 3.05) is 6.26 Å². The highest BCUT2D eigenvalue weighted by Gasteiger charge is 2.13. The quantitative estimate of drug-likeness (QED) is 0.605. The summed E-state index contributed by atoms with van der Waals surface area (Å²) in [5, 5.41) is 2.93. The molecule has 6 nitrogen and oxygen atoms in total. The van der Waals surface area contributed by atoms with Gasteiger partial charge in [0.05, 0.1) is 17.1 Å². The van der Waals surface area contributed by atoms with E-state index in [9.17, 15) is 13.2 Å². The molecule has 1 atom stereocenters. The zero-order valence-corrected chi connectivity index (χ0v) is 17.3. The Bertz CT molecular complexity index is 1060. The van der Waals surface area contributed by atoms with Crippen molar-refractivity contribution in [3.63, 3.8) is 0 Å². The van der Waals surface area contributed by atoms with Gasteiger partial charge in [-0.1, -0.05) is 42.5 Å². The third-order valence-corrected chi connectivity index (χ3v) is 5.72. The third kappa shape index (κ3) is 5.77. The van der Waals surface area contributed by atoms with Gasteiger partial charge in [-0.2, -0.15) is 0 Å². The average Bonchev–Trinajstić information content (AvgIpc) is 3.17. The standard InChI is InChI=1S/C22H24N2O4S/c1-16(17-11-13-19(14-12-17)29(2,26)27)24-21(25)9-6-10-22-23-15-20(28-22)18-7-4-3-5-8-18/h3-5,7-8,11-16H,6,9-10H2,1-2H3,(H,24,25). The van der Waals surface area contributed by atoms with Gasteiger partial charge in [-0.15, -0.1) is 0 Å². The number of hydrogen-bond acceptors (Lipinski definition) is 5. The summed E-state index contributed by atoms with van der Waals surface area (Å²) < 4.78 is 28.8. The van der Waals surface area contributed by atoms with Crippen molar-refractivity contribution in [3.8, 4) is 11.3 Å². The Morgan fingerprint density at radius 1 is 1.10 bits per heavy atom. The summed E-state index contributed by atoms with van der Waals surface area (Å²) in [6, 6.07) is 16.1. The largest absolute Gasteiger partial charge is 0.441 e. The fourth-order valence-electron chi connectivity index (χ4n) is 2.96. The van der Waals surface area contributed by atoms with E-state index in [0.717, 1.165) is 16.9 Å². The van der Waals surface area contributed by atoms with E-state index in [0.29, 0.717) is 25.2 Å².